The zero-order valence-corrected chi connectivity index (χ0v) is 18.7. The highest BCUT2D eigenvalue weighted by molar-refractivity contribution is 9.10. The lowest BCUT2D eigenvalue weighted by atomic mass is 10.2. The van der Waals surface area contributed by atoms with Crippen LogP contribution in [-0.4, -0.2) is 26.7 Å². The van der Waals surface area contributed by atoms with Gasteiger partial charge in [-0.25, -0.2) is 4.39 Å². The molecule has 0 radical (unpaired) electrons. The van der Waals surface area contributed by atoms with Crippen molar-refractivity contribution in [1.29, 1.82) is 0 Å². The van der Waals surface area contributed by atoms with Crippen molar-refractivity contribution >= 4 is 39.2 Å². The number of para-hydroxylation sites is 1. The molecule has 0 amide bonds. The monoisotopic (exact) mass is 501 g/mol. The number of benzene rings is 2. The third kappa shape index (κ3) is 4.64. The van der Waals surface area contributed by atoms with E-state index in [4.69, 9.17) is 4.74 Å². The fraction of sp³-hybridized carbons (Fsp3) is 0.0952. The number of halogens is 2. The zero-order chi connectivity index (χ0) is 21.8. The molecule has 2 aromatic heterocycles. The van der Waals surface area contributed by atoms with Crippen LogP contribution in [0.15, 0.2) is 81.4 Å². The molecule has 0 fully saturated rings. The minimum Gasteiger partial charge on any atom is -0.496 e. The van der Waals surface area contributed by atoms with Crippen LogP contribution in [-0.2, 0) is 5.75 Å². The van der Waals surface area contributed by atoms with Gasteiger partial charge in [-0.3, -0.25) is 9.47 Å². The van der Waals surface area contributed by atoms with Crippen LogP contribution in [0.25, 0.3) is 0 Å². The van der Waals surface area contributed by atoms with E-state index in [1.807, 2.05) is 24.3 Å². The molecular weight excluding hydrogens is 485 g/mol. The molecule has 0 bridgehead atoms. The summed E-state index contributed by atoms with van der Waals surface area (Å²) in [5.41, 5.74) is 0.626. The average Bonchev–Trinajstić information content (AvgIpc) is 3.30. The van der Waals surface area contributed by atoms with Crippen LogP contribution in [0.3, 0.4) is 0 Å². The number of thioether (sulfide) groups is 1. The molecule has 4 rings (SSSR count). The Labute approximate surface area is 190 Å². The van der Waals surface area contributed by atoms with Gasteiger partial charge in [0.1, 0.15) is 11.6 Å². The summed E-state index contributed by atoms with van der Waals surface area (Å²) >= 11 is 4.56. The molecule has 31 heavy (non-hydrogen) atoms. The first-order chi connectivity index (χ1) is 15.1. The van der Waals surface area contributed by atoms with E-state index in [1.54, 1.807) is 42.4 Å². The Morgan fingerprint density at radius 3 is 2.65 bits per heavy atom. The normalized spacial score (nSPS) is 10.8. The minimum absolute atomic E-state index is 0.0865. The second kappa shape index (κ2) is 9.36. The lowest BCUT2D eigenvalue weighted by Crippen LogP contribution is -2.30. The van der Waals surface area contributed by atoms with Gasteiger partial charge < -0.3 is 10.1 Å². The van der Waals surface area contributed by atoms with Gasteiger partial charge in [-0.1, -0.05) is 45.9 Å². The van der Waals surface area contributed by atoms with Crippen LogP contribution in [0, 0.1) is 5.82 Å². The van der Waals surface area contributed by atoms with Gasteiger partial charge in [-0.15, -0.1) is 10.2 Å². The van der Waals surface area contributed by atoms with Gasteiger partial charge in [0.15, 0.2) is 0 Å². The fourth-order valence-corrected chi connectivity index (χ4v) is 4.13. The maximum Gasteiger partial charge on any atom is 0.316 e. The van der Waals surface area contributed by atoms with E-state index < -0.39 is 11.4 Å². The molecule has 0 aliphatic rings. The van der Waals surface area contributed by atoms with Crippen LogP contribution in [0.2, 0.25) is 0 Å². The molecule has 0 atom stereocenters. The molecule has 10 heteroatoms. The Balaban J connectivity index is 1.69. The van der Waals surface area contributed by atoms with E-state index >= 15 is 0 Å². The van der Waals surface area contributed by atoms with Crippen LogP contribution < -0.4 is 15.6 Å². The van der Waals surface area contributed by atoms with Crippen LogP contribution in [0.1, 0.15) is 5.56 Å². The molecule has 0 saturated carbocycles. The number of nitrogens with zero attached hydrogens (tertiary/aromatic N) is 4. The number of aromatic nitrogens is 4. The third-order valence-electron chi connectivity index (χ3n) is 4.36. The molecule has 0 spiro atoms. The smallest absolute Gasteiger partial charge is 0.316 e. The maximum atomic E-state index is 14.2. The van der Waals surface area contributed by atoms with Crippen molar-refractivity contribution in [3.63, 3.8) is 0 Å². The Bertz CT molecular complexity index is 1260. The van der Waals surface area contributed by atoms with E-state index in [0.29, 0.717) is 15.4 Å². The van der Waals surface area contributed by atoms with Crippen molar-refractivity contribution in [3.05, 3.63) is 93.2 Å². The number of nitrogens with one attached hydrogen (secondary N) is 1. The van der Waals surface area contributed by atoms with Gasteiger partial charge in [-0.2, -0.15) is 4.68 Å². The highest BCUT2D eigenvalue weighted by Gasteiger charge is 2.16. The number of hydrogen-bond acceptors (Lipinski definition) is 6. The van der Waals surface area contributed by atoms with E-state index in [1.165, 1.54) is 28.6 Å². The largest absolute Gasteiger partial charge is 0.496 e. The van der Waals surface area contributed by atoms with Gasteiger partial charge in [0.2, 0.25) is 11.0 Å². The Hall–Kier alpha value is -3.11. The standard InChI is InChI=1S/C21H17BrFN5O2S/c1-30-18-7-3-2-6-14(18)13-31-21-26-25-19(20(29)28(21)27-10-4-5-11-27)24-17-9-8-15(22)12-16(17)23/h2-12H,13H2,1H3,(H,24,25). The lowest BCUT2D eigenvalue weighted by molar-refractivity contribution is 0.411. The molecule has 0 unspecified atom stereocenters. The summed E-state index contributed by atoms with van der Waals surface area (Å²) in [6, 6.07) is 15.7. The summed E-state index contributed by atoms with van der Waals surface area (Å²) in [6.45, 7) is 0. The number of anilines is 2. The molecule has 0 aliphatic carbocycles. The second-order valence-electron chi connectivity index (χ2n) is 6.36. The molecule has 0 saturated heterocycles. The summed E-state index contributed by atoms with van der Waals surface area (Å²) in [7, 11) is 1.61. The quantitative estimate of drug-likeness (QED) is 0.370. The fourth-order valence-electron chi connectivity index (χ4n) is 2.88. The number of methoxy groups -OCH3 is 1. The van der Waals surface area contributed by atoms with Crippen molar-refractivity contribution in [1.82, 2.24) is 19.5 Å². The van der Waals surface area contributed by atoms with Crippen molar-refractivity contribution in [2.75, 3.05) is 12.4 Å². The third-order valence-corrected chi connectivity index (χ3v) is 5.83. The van der Waals surface area contributed by atoms with Gasteiger partial charge in [-0.05, 0) is 36.4 Å². The van der Waals surface area contributed by atoms with Gasteiger partial charge >= 0.3 is 5.56 Å². The summed E-state index contributed by atoms with van der Waals surface area (Å²) in [4.78, 5) is 13.2. The van der Waals surface area contributed by atoms with Gasteiger partial charge in [0, 0.05) is 28.2 Å². The maximum absolute atomic E-state index is 14.2. The second-order valence-corrected chi connectivity index (χ2v) is 8.22. The highest BCUT2D eigenvalue weighted by Crippen LogP contribution is 2.27. The zero-order valence-electron chi connectivity index (χ0n) is 16.3. The predicted molar refractivity (Wildman–Crippen MR) is 121 cm³/mol. The summed E-state index contributed by atoms with van der Waals surface area (Å²) in [5, 5.41) is 11.4. The first-order valence-electron chi connectivity index (χ1n) is 9.17. The Morgan fingerprint density at radius 1 is 1.13 bits per heavy atom. The van der Waals surface area contributed by atoms with Crippen molar-refractivity contribution in [2.45, 2.75) is 10.9 Å². The molecule has 4 aromatic rings. The van der Waals surface area contributed by atoms with E-state index in [2.05, 4.69) is 31.4 Å². The minimum atomic E-state index is -0.516. The van der Waals surface area contributed by atoms with Crippen LogP contribution in [0.4, 0.5) is 15.9 Å². The molecular formula is C21H17BrFN5O2S. The van der Waals surface area contributed by atoms with Crippen LogP contribution in [0.5, 0.6) is 5.75 Å². The van der Waals surface area contributed by atoms with Crippen molar-refractivity contribution in [2.24, 2.45) is 0 Å². The SMILES string of the molecule is COc1ccccc1CSc1nnc(Nc2ccc(Br)cc2F)c(=O)n1-n1cccc1. The summed E-state index contributed by atoms with van der Waals surface area (Å²) in [6.07, 6.45) is 3.44. The number of ether oxygens (including phenoxy) is 1. The molecule has 2 aromatic carbocycles. The molecule has 1 N–H and O–H groups in total. The van der Waals surface area contributed by atoms with Gasteiger partial charge in [0.05, 0.1) is 12.8 Å². The number of hydrogen-bond donors (Lipinski definition) is 1. The molecule has 158 valence electrons. The van der Waals surface area contributed by atoms with Crippen molar-refractivity contribution < 1.29 is 9.13 Å². The summed E-state index contributed by atoms with van der Waals surface area (Å²) in [5.74, 6) is 0.671. The van der Waals surface area contributed by atoms with Gasteiger partial charge in [0.25, 0.3) is 0 Å². The predicted octanol–water partition coefficient (Wildman–Crippen LogP) is 4.70. The number of rotatable bonds is 7. The van der Waals surface area contributed by atoms with Crippen molar-refractivity contribution in [3.8, 4) is 5.75 Å². The molecule has 2 heterocycles. The van der Waals surface area contributed by atoms with Crippen LogP contribution >= 0.6 is 27.7 Å². The Morgan fingerprint density at radius 2 is 1.90 bits per heavy atom. The first kappa shape index (κ1) is 21.1. The lowest BCUT2D eigenvalue weighted by Gasteiger charge is -2.14. The Kier molecular flexibility index (Phi) is 6.38. The van der Waals surface area contributed by atoms with E-state index in [9.17, 15) is 9.18 Å². The highest BCUT2D eigenvalue weighted by atomic mass is 79.9. The van der Waals surface area contributed by atoms with E-state index in [-0.39, 0.29) is 11.5 Å². The first-order valence-corrected chi connectivity index (χ1v) is 10.9. The summed E-state index contributed by atoms with van der Waals surface area (Å²) < 4.78 is 23.2. The topological polar surface area (TPSA) is 74.0 Å². The van der Waals surface area contributed by atoms with E-state index in [0.717, 1.165) is 11.3 Å². The molecule has 7 nitrogen and oxygen atoms in total. The average molecular weight is 502 g/mol. The molecule has 0 aliphatic heterocycles.